The molecule has 0 spiro atoms. The summed E-state index contributed by atoms with van der Waals surface area (Å²) in [6.45, 7) is 0. The molecule has 1 atom stereocenters. The van der Waals surface area contributed by atoms with E-state index >= 15 is 0 Å². The monoisotopic (exact) mass is 462 g/mol. The van der Waals surface area contributed by atoms with Gasteiger partial charge in [-0.2, -0.15) is 0 Å². The van der Waals surface area contributed by atoms with E-state index in [4.69, 9.17) is 10.3 Å². The van der Waals surface area contributed by atoms with Crippen molar-refractivity contribution in [2.45, 2.75) is 6.16 Å². The van der Waals surface area contributed by atoms with Gasteiger partial charge < -0.3 is 10.3 Å². The first-order valence-corrected chi connectivity index (χ1v) is 12.7. The van der Waals surface area contributed by atoms with Gasteiger partial charge in [0.25, 0.3) is 5.91 Å². The molecule has 162 valence electrons. The van der Waals surface area contributed by atoms with Crippen LogP contribution in [0.5, 0.6) is 0 Å². The van der Waals surface area contributed by atoms with Gasteiger partial charge in [-0.05, 0) is 53.4 Å². The SMILES string of the molecule is COP(=O)(Cc1ccc(C(=O)N(c2ccccc2)c2ccsc2N)cc1)c1ccccc1. The van der Waals surface area contributed by atoms with E-state index in [1.165, 1.54) is 18.4 Å². The number of thiophene rings is 1. The summed E-state index contributed by atoms with van der Waals surface area (Å²) >= 11 is 1.39. The van der Waals surface area contributed by atoms with Crippen LogP contribution in [0.1, 0.15) is 15.9 Å². The van der Waals surface area contributed by atoms with Gasteiger partial charge in [-0.3, -0.25) is 14.3 Å². The van der Waals surface area contributed by atoms with Crippen molar-refractivity contribution in [3.05, 3.63) is 108 Å². The Labute approximate surface area is 191 Å². The molecule has 0 bridgehead atoms. The summed E-state index contributed by atoms with van der Waals surface area (Å²) in [5.41, 5.74) is 8.87. The maximum absolute atomic E-state index is 13.5. The van der Waals surface area contributed by atoms with E-state index in [0.29, 0.717) is 21.6 Å². The van der Waals surface area contributed by atoms with Gasteiger partial charge in [-0.25, -0.2) is 0 Å². The van der Waals surface area contributed by atoms with Gasteiger partial charge >= 0.3 is 0 Å². The summed E-state index contributed by atoms with van der Waals surface area (Å²) in [5.74, 6) is -0.189. The van der Waals surface area contributed by atoms with Gasteiger partial charge in [-0.15, -0.1) is 11.3 Å². The summed E-state index contributed by atoms with van der Waals surface area (Å²) in [5, 5.41) is 3.11. The lowest BCUT2D eigenvalue weighted by atomic mass is 10.1. The van der Waals surface area contributed by atoms with Crippen LogP contribution in [-0.2, 0) is 15.3 Å². The highest BCUT2D eigenvalue weighted by Gasteiger charge is 2.26. The molecule has 0 aliphatic heterocycles. The van der Waals surface area contributed by atoms with Crippen LogP contribution in [0.15, 0.2) is 96.4 Å². The molecule has 0 saturated heterocycles. The smallest absolute Gasteiger partial charge is 0.262 e. The van der Waals surface area contributed by atoms with Crippen molar-refractivity contribution >= 4 is 46.3 Å². The van der Waals surface area contributed by atoms with Crippen LogP contribution >= 0.6 is 18.7 Å². The summed E-state index contributed by atoms with van der Waals surface area (Å²) in [6.07, 6.45) is 0.252. The Morgan fingerprint density at radius 1 is 0.938 bits per heavy atom. The Hall–Kier alpha value is -3.18. The van der Waals surface area contributed by atoms with E-state index in [1.807, 2.05) is 84.2 Å². The van der Waals surface area contributed by atoms with Gasteiger partial charge in [0.1, 0.15) is 5.00 Å². The minimum absolute atomic E-state index is 0.189. The molecule has 1 heterocycles. The molecule has 0 saturated carbocycles. The zero-order chi connectivity index (χ0) is 22.6. The van der Waals surface area contributed by atoms with E-state index < -0.39 is 7.37 Å². The van der Waals surface area contributed by atoms with Crippen molar-refractivity contribution in [1.82, 2.24) is 0 Å². The summed E-state index contributed by atoms with van der Waals surface area (Å²) in [4.78, 5) is 15.1. The Morgan fingerprint density at radius 2 is 1.56 bits per heavy atom. The van der Waals surface area contributed by atoms with Gasteiger partial charge in [0.05, 0.1) is 11.8 Å². The number of nitrogen functional groups attached to an aromatic ring is 1. The standard InChI is InChI=1S/C25H23N2O3PS/c1-30-31(29,22-10-6-3-7-11-22)18-19-12-14-20(15-13-19)25(28)27(21-8-4-2-5-9-21)23-16-17-32-24(23)26/h2-17H,18,26H2,1H3. The van der Waals surface area contributed by atoms with Crippen LogP contribution in [0.3, 0.4) is 0 Å². The van der Waals surface area contributed by atoms with Crippen LogP contribution in [0, 0.1) is 0 Å². The summed E-state index contributed by atoms with van der Waals surface area (Å²) in [6, 6.07) is 27.6. The maximum Gasteiger partial charge on any atom is 0.262 e. The number of carbonyl (C=O) groups is 1. The molecule has 7 heteroatoms. The number of nitrogens with two attached hydrogens (primary N) is 1. The topological polar surface area (TPSA) is 72.6 Å². The molecule has 1 unspecified atom stereocenters. The largest absolute Gasteiger partial charge is 0.389 e. The molecule has 2 N–H and O–H groups in total. The lowest BCUT2D eigenvalue weighted by Gasteiger charge is -2.23. The molecule has 4 aromatic rings. The van der Waals surface area contributed by atoms with Crippen LogP contribution in [0.25, 0.3) is 0 Å². The zero-order valence-corrected chi connectivity index (χ0v) is 19.3. The number of anilines is 3. The first-order chi connectivity index (χ1) is 15.5. The highest BCUT2D eigenvalue weighted by Crippen LogP contribution is 2.48. The van der Waals surface area contributed by atoms with E-state index in [1.54, 1.807) is 17.0 Å². The van der Waals surface area contributed by atoms with Gasteiger partial charge in [0.15, 0.2) is 0 Å². The fourth-order valence-electron chi connectivity index (χ4n) is 3.48. The van der Waals surface area contributed by atoms with E-state index in [9.17, 15) is 9.36 Å². The fraction of sp³-hybridized carbons (Fsp3) is 0.0800. The Morgan fingerprint density at radius 3 is 2.12 bits per heavy atom. The fourth-order valence-corrected chi connectivity index (χ4v) is 5.94. The molecule has 0 radical (unpaired) electrons. The molecule has 0 aliphatic carbocycles. The van der Waals surface area contributed by atoms with Crippen molar-refractivity contribution < 1.29 is 13.9 Å². The normalized spacial score (nSPS) is 12.8. The van der Waals surface area contributed by atoms with E-state index in [0.717, 1.165) is 11.3 Å². The second-order valence-electron chi connectivity index (χ2n) is 7.19. The molecule has 0 fully saturated rings. The van der Waals surface area contributed by atoms with Crippen molar-refractivity contribution in [3.63, 3.8) is 0 Å². The molecule has 4 rings (SSSR count). The molecular weight excluding hydrogens is 439 g/mol. The third-order valence-electron chi connectivity index (χ3n) is 5.17. The average molecular weight is 463 g/mol. The third kappa shape index (κ3) is 4.53. The third-order valence-corrected chi connectivity index (χ3v) is 8.36. The average Bonchev–Trinajstić information content (AvgIpc) is 3.26. The predicted octanol–water partition coefficient (Wildman–Crippen LogP) is 6.06. The molecule has 0 aliphatic rings. The summed E-state index contributed by atoms with van der Waals surface area (Å²) < 4.78 is 18.8. The first kappa shape index (κ1) is 22.0. The van der Waals surface area contributed by atoms with Gasteiger partial charge in [0, 0.05) is 23.7 Å². The first-order valence-electron chi connectivity index (χ1n) is 10.0. The highest BCUT2D eigenvalue weighted by atomic mass is 32.1. The van der Waals surface area contributed by atoms with Crippen molar-refractivity contribution in [2.75, 3.05) is 17.7 Å². The molecular formula is C25H23N2O3PS. The minimum atomic E-state index is -3.04. The predicted molar refractivity (Wildman–Crippen MR) is 132 cm³/mol. The second kappa shape index (κ2) is 9.53. The van der Waals surface area contributed by atoms with E-state index in [2.05, 4.69) is 0 Å². The number of hydrogen-bond acceptors (Lipinski definition) is 5. The van der Waals surface area contributed by atoms with Crippen LogP contribution < -0.4 is 15.9 Å². The van der Waals surface area contributed by atoms with Crippen LogP contribution in [0.2, 0.25) is 0 Å². The molecule has 1 amide bonds. The number of benzene rings is 3. The number of carbonyl (C=O) groups excluding carboxylic acids is 1. The van der Waals surface area contributed by atoms with Crippen molar-refractivity contribution in [1.29, 1.82) is 0 Å². The Bertz CT molecular complexity index is 1240. The maximum atomic E-state index is 13.5. The Kier molecular flexibility index (Phi) is 6.56. The number of hydrogen-bond donors (Lipinski definition) is 1. The van der Waals surface area contributed by atoms with Crippen LogP contribution in [-0.4, -0.2) is 13.0 Å². The number of para-hydroxylation sites is 1. The zero-order valence-electron chi connectivity index (χ0n) is 17.5. The Balaban J connectivity index is 1.62. The number of nitrogens with zero attached hydrogens (tertiary/aromatic N) is 1. The number of rotatable bonds is 7. The lowest BCUT2D eigenvalue weighted by Crippen LogP contribution is -2.26. The second-order valence-corrected chi connectivity index (χ2v) is 10.7. The van der Waals surface area contributed by atoms with Crippen molar-refractivity contribution in [2.24, 2.45) is 0 Å². The summed E-state index contributed by atoms with van der Waals surface area (Å²) in [7, 11) is -1.57. The number of amides is 1. The lowest BCUT2D eigenvalue weighted by molar-refractivity contribution is 0.0999. The van der Waals surface area contributed by atoms with Gasteiger partial charge in [0.2, 0.25) is 7.37 Å². The van der Waals surface area contributed by atoms with Crippen molar-refractivity contribution in [3.8, 4) is 0 Å². The minimum Gasteiger partial charge on any atom is -0.389 e. The molecule has 1 aromatic heterocycles. The van der Waals surface area contributed by atoms with E-state index in [-0.39, 0.29) is 12.1 Å². The molecule has 5 nitrogen and oxygen atoms in total. The molecule has 3 aromatic carbocycles. The quantitative estimate of drug-likeness (QED) is 0.339. The van der Waals surface area contributed by atoms with Crippen LogP contribution in [0.4, 0.5) is 16.4 Å². The molecule has 32 heavy (non-hydrogen) atoms. The van der Waals surface area contributed by atoms with Gasteiger partial charge in [-0.1, -0.05) is 48.5 Å². The highest BCUT2D eigenvalue weighted by molar-refractivity contribution is 7.66.